The number of aliphatic hydroxyl groups excluding tert-OH is 1. The predicted octanol–water partition coefficient (Wildman–Crippen LogP) is -0.710. The number of nitrogens with zero attached hydrogens (tertiary/aromatic N) is 1. The molecule has 0 rings (SSSR count). The second-order valence-corrected chi connectivity index (χ2v) is 4.73. The lowest BCUT2D eigenvalue weighted by Gasteiger charge is -2.18. The number of carbonyl (C=O) groups is 1. The molecule has 0 radical (unpaired) electrons. The van der Waals surface area contributed by atoms with Crippen LogP contribution in [0.25, 0.3) is 0 Å². The molecular weight excluding hydrogens is 224 g/mol. The van der Waals surface area contributed by atoms with E-state index in [-0.39, 0.29) is 13.2 Å². The maximum Gasteiger partial charge on any atom is 0.421 e. The molecule has 0 spiro atoms. The number of ether oxygens (including phenoxy) is 1. The molecule has 0 aromatic carbocycles. The molecule has 0 saturated heterocycles. The lowest BCUT2D eigenvalue weighted by atomic mass is 10.4. The van der Waals surface area contributed by atoms with Gasteiger partial charge in [0.25, 0.3) is 0 Å². The Kier molecular flexibility index (Phi) is 5.55. The zero-order chi connectivity index (χ0) is 12.1. The maximum atomic E-state index is 11.4. The summed E-state index contributed by atoms with van der Waals surface area (Å²) >= 11 is 0. The summed E-state index contributed by atoms with van der Waals surface area (Å²) in [6.07, 6.45) is -1.84. The molecule has 0 heterocycles. The fraction of sp³-hybridized carbons (Fsp3) is 0.857. The van der Waals surface area contributed by atoms with Gasteiger partial charge in [-0.25, -0.2) is 9.52 Å². The number of rotatable bonds is 5. The third kappa shape index (κ3) is 5.55. The monoisotopic (exact) mass is 240 g/mol. The Morgan fingerprint density at radius 2 is 2.13 bits per heavy atom. The van der Waals surface area contributed by atoms with Crippen LogP contribution in [0.1, 0.15) is 13.8 Å². The van der Waals surface area contributed by atoms with E-state index in [4.69, 9.17) is 5.11 Å². The van der Waals surface area contributed by atoms with Crippen molar-refractivity contribution in [2.24, 2.45) is 0 Å². The Morgan fingerprint density at radius 1 is 1.60 bits per heavy atom. The summed E-state index contributed by atoms with van der Waals surface area (Å²) in [6, 6.07) is 0. The highest BCUT2D eigenvalue weighted by Crippen LogP contribution is 1.96. The van der Waals surface area contributed by atoms with Gasteiger partial charge in [-0.05, 0) is 13.8 Å². The summed E-state index contributed by atoms with van der Waals surface area (Å²) in [5, 5.41) is 8.97. The molecule has 0 fully saturated rings. The average Bonchev–Trinajstić information content (AvgIpc) is 2.01. The topological polar surface area (TPSA) is 95.9 Å². The zero-order valence-electron chi connectivity index (χ0n) is 8.93. The molecule has 0 bridgehead atoms. The molecule has 0 saturated carbocycles. The molecule has 0 aromatic rings. The molecule has 0 aliphatic rings. The summed E-state index contributed by atoms with van der Waals surface area (Å²) < 4.78 is 29.6. The normalized spacial score (nSPS) is 13.7. The van der Waals surface area contributed by atoms with Gasteiger partial charge in [0.2, 0.25) is 0 Å². The molecule has 1 atom stereocenters. The van der Waals surface area contributed by atoms with Crippen LogP contribution in [-0.4, -0.2) is 50.2 Å². The Balaban J connectivity index is 4.35. The first-order valence-corrected chi connectivity index (χ1v) is 5.82. The third-order valence-electron chi connectivity index (χ3n) is 1.42. The largest absolute Gasteiger partial charge is 0.449 e. The van der Waals surface area contributed by atoms with Crippen LogP contribution in [0, 0.1) is 0 Å². The lowest BCUT2D eigenvalue weighted by Crippen LogP contribution is -2.44. The van der Waals surface area contributed by atoms with Crippen molar-refractivity contribution in [1.29, 1.82) is 0 Å². The fourth-order valence-electron chi connectivity index (χ4n) is 0.814. The van der Waals surface area contributed by atoms with Gasteiger partial charge in [-0.2, -0.15) is 12.7 Å². The minimum atomic E-state index is -3.93. The molecule has 1 amide bonds. The van der Waals surface area contributed by atoms with Gasteiger partial charge in [0.05, 0.1) is 12.7 Å². The molecule has 1 unspecified atom stereocenters. The Hall–Kier alpha value is -0.860. The van der Waals surface area contributed by atoms with E-state index < -0.39 is 22.4 Å². The Morgan fingerprint density at radius 3 is 2.53 bits per heavy atom. The number of aliphatic hydroxyl groups is 1. The highest BCUT2D eigenvalue weighted by atomic mass is 32.2. The maximum absolute atomic E-state index is 11.4. The van der Waals surface area contributed by atoms with E-state index in [0.29, 0.717) is 0 Å². The summed E-state index contributed by atoms with van der Waals surface area (Å²) in [6.45, 7) is 2.98. The first-order chi connectivity index (χ1) is 6.79. The van der Waals surface area contributed by atoms with Gasteiger partial charge in [0, 0.05) is 13.6 Å². The molecule has 15 heavy (non-hydrogen) atoms. The van der Waals surface area contributed by atoms with E-state index >= 15 is 0 Å². The number of carbonyl (C=O) groups excluding carboxylic acids is 1. The molecule has 0 aromatic heterocycles. The van der Waals surface area contributed by atoms with Crippen LogP contribution in [0.5, 0.6) is 0 Å². The number of nitrogens with one attached hydrogen (secondary N) is 1. The fourth-order valence-corrected chi connectivity index (χ4v) is 1.65. The van der Waals surface area contributed by atoms with Crippen LogP contribution in [0.3, 0.4) is 0 Å². The minimum absolute atomic E-state index is 0.0848. The van der Waals surface area contributed by atoms with Crippen molar-refractivity contribution in [1.82, 2.24) is 9.03 Å². The first kappa shape index (κ1) is 14.1. The Bertz CT molecular complexity index is 301. The van der Waals surface area contributed by atoms with Gasteiger partial charge >= 0.3 is 16.3 Å². The van der Waals surface area contributed by atoms with Gasteiger partial charge in [-0.1, -0.05) is 0 Å². The van der Waals surface area contributed by atoms with Crippen molar-refractivity contribution in [2.45, 2.75) is 20.0 Å². The van der Waals surface area contributed by atoms with Crippen molar-refractivity contribution >= 4 is 16.3 Å². The smallest absolute Gasteiger partial charge is 0.421 e. The van der Waals surface area contributed by atoms with Crippen LogP contribution in [0.4, 0.5) is 4.79 Å². The predicted molar refractivity (Wildman–Crippen MR) is 53.4 cm³/mol. The van der Waals surface area contributed by atoms with Crippen LogP contribution < -0.4 is 4.72 Å². The molecule has 2 N–H and O–H groups in total. The number of likely N-dealkylation sites (N-methyl/N-ethyl adjacent to an activating group) is 1. The van der Waals surface area contributed by atoms with Crippen molar-refractivity contribution < 1.29 is 23.1 Å². The van der Waals surface area contributed by atoms with Gasteiger partial charge in [-0.3, -0.25) is 0 Å². The first-order valence-electron chi connectivity index (χ1n) is 4.38. The number of amides is 1. The number of hydrogen-bond donors (Lipinski definition) is 2. The standard InChI is InChI=1S/C7H16N2O5S/c1-4-14-7(11)8-15(12,13)9(3)5-6(2)10/h6,10H,4-5H2,1-3H3,(H,8,11). The second-order valence-electron chi connectivity index (χ2n) is 2.96. The quantitative estimate of drug-likeness (QED) is 0.661. The van der Waals surface area contributed by atoms with E-state index in [1.165, 1.54) is 14.0 Å². The van der Waals surface area contributed by atoms with Gasteiger partial charge < -0.3 is 9.84 Å². The molecule has 90 valence electrons. The highest BCUT2D eigenvalue weighted by Gasteiger charge is 2.21. The van der Waals surface area contributed by atoms with Crippen LogP contribution in [0.2, 0.25) is 0 Å². The van der Waals surface area contributed by atoms with Crippen LogP contribution >= 0.6 is 0 Å². The van der Waals surface area contributed by atoms with E-state index in [2.05, 4.69) is 4.74 Å². The van der Waals surface area contributed by atoms with Crippen molar-refractivity contribution in [2.75, 3.05) is 20.2 Å². The molecule has 0 aliphatic heterocycles. The van der Waals surface area contributed by atoms with E-state index in [9.17, 15) is 13.2 Å². The number of hydrogen-bond acceptors (Lipinski definition) is 5. The molecule has 7 nitrogen and oxygen atoms in total. The summed E-state index contributed by atoms with van der Waals surface area (Å²) in [5.74, 6) is 0. The SMILES string of the molecule is CCOC(=O)NS(=O)(=O)N(C)CC(C)O. The zero-order valence-corrected chi connectivity index (χ0v) is 9.74. The Labute approximate surface area is 89.2 Å². The van der Waals surface area contributed by atoms with E-state index in [0.717, 1.165) is 4.31 Å². The van der Waals surface area contributed by atoms with E-state index in [1.807, 2.05) is 0 Å². The highest BCUT2D eigenvalue weighted by molar-refractivity contribution is 7.87. The van der Waals surface area contributed by atoms with Crippen LogP contribution in [0.15, 0.2) is 0 Å². The third-order valence-corrected chi connectivity index (χ3v) is 2.81. The molecule has 0 aliphatic carbocycles. The molecule has 8 heteroatoms. The summed E-state index contributed by atoms with van der Waals surface area (Å²) in [7, 11) is -2.68. The summed E-state index contributed by atoms with van der Waals surface area (Å²) in [5.41, 5.74) is 0. The van der Waals surface area contributed by atoms with Crippen LogP contribution in [-0.2, 0) is 14.9 Å². The van der Waals surface area contributed by atoms with Crippen molar-refractivity contribution in [3.05, 3.63) is 0 Å². The second kappa shape index (κ2) is 5.89. The van der Waals surface area contributed by atoms with Crippen molar-refractivity contribution in [3.63, 3.8) is 0 Å². The summed E-state index contributed by atoms with van der Waals surface area (Å²) in [4.78, 5) is 10.8. The van der Waals surface area contributed by atoms with Gasteiger partial charge in [-0.15, -0.1) is 0 Å². The van der Waals surface area contributed by atoms with E-state index in [1.54, 1.807) is 11.6 Å². The van der Waals surface area contributed by atoms with Crippen molar-refractivity contribution in [3.8, 4) is 0 Å². The molecular formula is C7H16N2O5S. The minimum Gasteiger partial charge on any atom is -0.449 e. The lowest BCUT2D eigenvalue weighted by molar-refractivity contribution is 0.155. The van der Waals surface area contributed by atoms with Gasteiger partial charge in [0.1, 0.15) is 0 Å². The average molecular weight is 240 g/mol. The van der Waals surface area contributed by atoms with Gasteiger partial charge in [0.15, 0.2) is 0 Å².